The summed E-state index contributed by atoms with van der Waals surface area (Å²) in [5, 5.41) is 2.77. The molecule has 1 fully saturated rings. The fourth-order valence-electron chi connectivity index (χ4n) is 1.79. The minimum Gasteiger partial charge on any atom is -0.375 e. The van der Waals surface area contributed by atoms with Gasteiger partial charge in [0, 0.05) is 18.0 Å². The second-order valence-electron chi connectivity index (χ2n) is 4.23. The number of thiazole rings is 1. The quantitative estimate of drug-likeness (QED) is 0.808. The molecule has 2 rings (SSSR count). The maximum Gasteiger partial charge on any atom is 0.180 e. The van der Waals surface area contributed by atoms with Gasteiger partial charge in [-0.15, -0.1) is 11.3 Å². The van der Waals surface area contributed by atoms with Gasteiger partial charge in [0.1, 0.15) is 0 Å². The average Bonchev–Trinajstić information content (AvgIpc) is 2.98. The SMILES string of the molecule is CCCCN(Cc1csc(N)n1)C1CC1. The summed E-state index contributed by atoms with van der Waals surface area (Å²) in [6, 6.07) is 0.819. The Bertz CT molecular complexity index is 307. The summed E-state index contributed by atoms with van der Waals surface area (Å²) in [6.45, 7) is 4.43. The van der Waals surface area contributed by atoms with Crippen molar-refractivity contribution >= 4 is 16.5 Å². The molecule has 0 aromatic carbocycles. The van der Waals surface area contributed by atoms with E-state index >= 15 is 0 Å². The van der Waals surface area contributed by atoms with Gasteiger partial charge in [-0.25, -0.2) is 4.98 Å². The molecule has 0 atom stereocenters. The summed E-state index contributed by atoms with van der Waals surface area (Å²) in [6.07, 6.45) is 5.28. The Balaban J connectivity index is 1.88. The zero-order valence-corrected chi connectivity index (χ0v) is 10.1. The summed E-state index contributed by atoms with van der Waals surface area (Å²) >= 11 is 1.54. The minimum atomic E-state index is 0.691. The summed E-state index contributed by atoms with van der Waals surface area (Å²) < 4.78 is 0. The molecule has 0 spiro atoms. The average molecular weight is 225 g/mol. The molecule has 0 unspecified atom stereocenters. The highest BCUT2D eigenvalue weighted by Crippen LogP contribution is 2.28. The molecule has 84 valence electrons. The number of aromatic nitrogens is 1. The molecule has 0 aliphatic heterocycles. The molecule has 0 saturated heterocycles. The Labute approximate surface area is 95.3 Å². The topological polar surface area (TPSA) is 42.1 Å². The van der Waals surface area contributed by atoms with E-state index in [1.54, 1.807) is 11.3 Å². The number of anilines is 1. The third-order valence-electron chi connectivity index (χ3n) is 2.80. The lowest BCUT2D eigenvalue weighted by molar-refractivity contribution is 0.248. The van der Waals surface area contributed by atoms with Crippen molar-refractivity contribution in [3.63, 3.8) is 0 Å². The lowest BCUT2D eigenvalue weighted by Crippen LogP contribution is -2.26. The molecule has 0 bridgehead atoms. The summed E-state index contributed by atoms with van der Waals surface area (Å²) in [5.74, 6) is 0. The van der Waals surface area contributed by atoms with E-state index in [0.29, 0.717) is 5.13 Å². The minimum absolute atomic E-state index is 0.691. The van der Waals surface area contributed by atoms with E-state index < -0.39 is 0 Å². The van der Waals surface area contributed by atoms with Crippen LogP contribution in [0.25, 0.3) is 0 Å². The van der Waals surface area contributed by atoms with Crippen molar-refractivity contribution in [1.29, 1.82) is 0 Å². The normalized spacial score (nSPS) is 16.1. The standard InChI is InChI=1S/C11H19N3S/c1-2-3-6-14(10-4-5-10)7-9-8-15-11(12)13-9/h8,10H,2-7H2,1H3,(H2,12,13). The van der Waals surface area contributed by atoms with Gasteiger partial charge in [0.05, 0.1) is 5.69 Å². The maximum absolute atomic E-state index is 5.64. The largest absolute Gasteiger partial charge is 0.375 e. The van der Waals surface area contributed by atoms with Crippen molar-refractivity contribution in [2.24, 2.45) is 0 Å². The zero-order valence-electron chi connectivity index (χ0n) is 9.28. The predicted molar refractivity (Wildman–Crippen MR) is 64.9 cm³/mol. The van der Waals surface area contributed by atoms with Gasteiger partial charge in [0.15, 0.2) is 5.13 Å². The molecule has 15 heavy (non-hydrogen) atoms. The van der Waals surface area contributed by atoms with Crippen LogP contribution < -0.4 is 5.73 Å². The van der Waals surface area contributed by atoms with Crippen LogP contribution in [0.1, 0.15) is 38.3 Å². The van der Waals surface area contributed by atoms with Crippen LogP contribution in [0.15, 0.2) is 5.38 Å². The first kappa shape index (κ1) is 10.9. The summed E-state index contributed by atoms with van der Waals surface area (Å²) in [5.41, 5.74) is 6.77. The first-order chi connectivity index (χ1) is 7.29. The molecular formula is C11H19N3S. The van der Waals surface area contributed by atoms with E-state index in [-0.39, 0.29) is 0 Å². The fraction of sp³-hybridized carbons (Fsp3) is 0.727. The van der Waals surface area contributed by atoms with Gasteiger partial charge < -0.3 is 5.73 Å². The molecule has 2 N–H and O–H groups in total. The van der Waals surface area contributed by atoms with Crippen LogP contribution in [0, 0.1) is 0 Å². The van der Waals surface area contributed by atoms with Crippen LogP contribution in [-0.2, 0) is 6.54 Å². The molecule has 1 heterocycles. The summed E-state index contributed by atoms with van der Waals surface area (Å²) in [4.78, 5) is 6.88. The fourth-order valence-corrected chi connectivity index (χ4v) is 2.35. The number of rotatable bonds is 6. The number of nitrogen functional groups attached to an aromatic ring is 1. The van der Waals surface area contributed by atoms with Crippen LogP contribution in [-0.4, -0.2) is 22.5 Å². The Hall–Kier alpha value is -0.610. The highest BCUT2D eigenvalue weighted by molar-refractivity contribution is 7.13. The Morgan fingerprint density at radius 2 is 2.40 bits per heavy atom. The first-order valence-corrected chi connectivity index (χ1v) is 6.61. The smallest absolute Gasteiger partial charge is 0.180 e. The Kier molecular flexibility index (Phi) is 3.59. The molecule has 1 aliphatic rings. The van der Waals surface area contributed by atoms with Crippen LogP contribution in [0.4, 0.5) is 5.13 Å². The first-order valence-electron chi connectivity index (χ1n) is 5.73. The molecule has 1 aliphatic carbocycles. The van der Waals surface area contributed by atoms with Crippen molar-refractivity contribution in [2.75, 3.05) is 12.3 Å². The molecule has 1 aromatic rings. The predicted octanol–water partition coefficient (Wildman–Crippen LogP) is 2.49. The number of nitrogens with two attached hydrogens (primary N) is 1. The molecule has 1 saturated carbocycles. The van der Waals surface area contributed by atoms with Crippen molar-refractivity contribution < 1.29 is 0 Å². The molecule has 0 radical (unpaired) electrons. The molecule has 3 nitrogen and oxygen atoms in total. The van der Waals surface area contributed by atoms with Gasteiger partial charge >= 0.3 is 0 Å². The maximum atomic E-state index is 5.64. The monoisotopic (exact) mass is 225 g/mol. The number of hydrogen-bond acceptors (Lipinski definition) is 4. The highest BCUT2D eigenvalue weighted by Gasteiger charge is 2.28. The Morgan fingerprint density at radius 3 is 2.93 bits per heavy atom. The van der Waals surface area contributed by atoms with Gasteiger partial charge in [-0.2, -0.15) is 0 Å². The zero-order chi connectivity index (χ0) is 10.7. The highest BCUT2D eigenvalue weighted by atomic mass is 32.1. The van der Waals surface area contributed by atoms with Crippen LogP contribution in [0.3, 0.4) is 0 Å². The van der Waals surface area contributed by atoms with E-state index in [4.69, 9.17) is 5.73 Å². The second-order valence-corrected chi connectivity index (χ2v) is 5.12. The molecule has 0 amide bonds. The third kappa shape index (κ3) is 3.18. The van der Waals surface area contributed by atoms with Gasteiger partial charge in [-0.05, 0) is 25.8 Å². The Morgan fingerprint density at radius 1 is 1.60 bits per heavy atom. The third-order valence-corrected chi connectivity index (χ3v) is 3.52. The van der Waals surface area contributed by atoms with Gasteiger partial charge in [-0.1, -0.05) is 13.3 Å². The number of unbranched alkanes of at least 4 members (excludes halogenated alkanes) is 1. The van der Waals surface area contributed by atoms with E-state index in [9.17, 15) is 0 Å². The van der Waals surface area contributed by atoms with Crippen LogP contribution >= 0.6 is 11.3 Å². The lowest BCUT2D eigenvalue weighted by atomic mass is 10.3. The van der Waals surface area contributed by atoms with Crippen LogP contribution in [0.2, 0.25) is 0 Å². The number of hydrogen-bond donors (Lipinski definition) is 1. The second kappa shape index (κ2) is 4.94. The van der Waals surface area contributed by atoms with Crippen LogP contribution in [0.5, 0.6) is 0 Å². The molecule has 1 aromatic heterocycles. The summed E-state index contributed by atoms with van der Waals surface area (Å²) in [7, 11) is 0. The van der Waals surface area contributed by atoms with E-state index in [0.717, 1.165) is 18.3 Å². The van der Waals surface area contributed by atoms with Gasteiger partial charge in [-0.3, -0.25) is 4.90 Å². The van der Waals surface area contributed by atoms with E-state index in [2.05, 4.69) is 22.2 Å². The van der Waals surface area contributed by atoms with E-state index in [1.165, 1.54) is 32.2 Å². The van der Waals surface area contributed by atoms with Gasteiger partial charge in [0.2, 0.25) is 0 Å². The van der Waals surface area contributed by atoms with Gasteiger partial charge in [0.25, 0.3) is 0 Å². The van der Waals surface area contributed by atoms with Crippen molar-refractivity contribution in [2.45, 2.75) is 45.2 Å². The van der Waals surface area contributed by atoms with Crippen molar-refractivity contribution in [3.8, 4) is 0 Å². The van der Waals surface area contributed by atoms with Crippen molar-refractivity contribution in [1.82, 2.24) is 9.88 Å². The molecular weight excluding hydrogens is 206 g/mol. The number of nitrogens with zero attached hydrogens (tertiary/aromatic N) is 2. The molecule has 4 heteroatoms. The van der Waals surface area contributed by atoms with E-state index in [1.807, 2.05) is 0 Å². The lowest BCUT2D eigenvalue weighted by Gasteiger charge is -2.20. The van der Waals surface area contributed by atoms with Crippen molar-refractivity contribution in [3.05, 3.63) is 11.1 Å².